The van der Waals surface area contributed by atoms with E-state index in [0.29, 0.717) is 18.8 Å². The Hall–Kier alpha value is -1.56. The van der Waals surface area contributed by atoms with Gasteiger partial charge in [-0.3, -0.25) is 9.48 Å². The van der Waals surface area contributed by atoms with Crippen LogP contribution >= 0.6 is 0 Å². The Kier molecular flexibility index (Phi) is 6.09. The van der Waals surface area contributed by atoms with Gasteiger partial charge in [0.05, 0.1) is 18.5 Å². The Morgan fingerprint density at radius 1 is 1.59 bits per heavy atom. The van der Waals surface area contributed by atoms with Gasteiger partial charge in [-0.05, 0) is 6.42 Å². The number of unbranched alkanes of at least 4 members (excludes halogenated alkanes) is 1. The highest BCUT2D eigenvalue weighted by Gasteiger charge is 2.02. The maximum atomic E-state index is 11.4. The van der Waals surface area contributed by atoms with E-state index in [1.807, 2.05) is 0 Å². The number of nitrogens with one attached hydrogen (secondary N) is 1. The lowest BCUT2D eigenvalue weighted by Crippen LogP contribution is -2.30. The first-order valence-electron chi connectivity index (χ1n) is 5.84. The van der Waals surface area contributed by atoms with E-state index in [2.05, 4.69) is 17.3 Å². The van der Waals surface area contributed by atoms with E-state index in [4.69, 9.17) is 10.5 Å². The molecule has 1 heterocycles. The van der Waals surface area contributed by atoms with Crippen LogP contribution in [0.3, 0.4) is 0 Å². The summed E-state index contributed by atoms with van der Waals surface area (Å²) < 4.78 is 6.82. The molecule has 1 aromatic rings. The predicted octanol–water partition coefficient (Wildman–Crippen LogP) is 0.398. The first kappa shape index (κ1) is 13.5. The van der Waals surface area contributed by atoms with Gasteiger partial charge in [-0.2, -0.15) is 5.10 Å². The van der Waals surface area contributed by atoms with Crippen LogP contribution in [0.1, 0.15) is 19.8 Å². The molecule has 0 aliphatic rings. The molecular formula is C11H20N4O2. The monoisotopic (exact) mass is 240 g/mol. The van der Waals surface area contributed by atoms with Gasteiger partial charge in [-0.1, -0.05) is 13.3 Å². The molecule has 6 heteroatoms. The number of hydrogen-bond donors (Lipinski definition) is 2. The van der Waals surface area contributed by atoms with Gasteiger partial charge in [-0.25, -0.2) is 0 Å². The molecule has 1 aromatic heterocycles. The minimum Gasteiger partial charge on any atom is -0.396 e. The normalized spacial score (nSPS) is 10.4. The predicted molar refractivity (Wildman–Crippen MR) is 65.4 cm³/mol. The van der Waals surface area contributed by atoms with Gasteiger partial charge in [-0.15, -0.1) is 0 Å². The highest BCUT2D eigenvalue weighted by atomic mass is 16.5. The van der Waals surface area contributed by atoms with E-state index in [1.165, 1.54) is 10.9 Å². The maximum Gasteiger partial charge on any atom is 0.241 e. The Morgan fingerprint density at radius 3 is 3.06 bits per heavy atom. The maximum absolute atomic E-state index is 11.4. The SMILES string of the molecule is CCCCOCCNC(=O)Cn1cc(N)cn1. The second-order valence-corrected chi connectivity index (χ2v) is 3.79. The Bertz CT molecular complexity index is 338. The Labute approximate surface area is 101 Å². The summed E-state index contributed by atoms with van der Waals surface area (Å²) in [5, 5.41) is 6.68. The van der Waals surface area contributed by atoms with Gasteiger partial charge < -0.3 is 15.8 Å². The molecule has 0 saturated carbocycles. The molecule has 0 unspecified atom stereocenters. The summed E-state index contributed by atoms with van der Waals surface area (Å²) in [4.78, 5) is 11.4. The number of nitrogens with two attached hydrogens (primary N) is 1. The zero-order chi connectivity index (χ0) is 12.5. The smallest absolute Gasteiger partial charge is 0.241 e. The van der Waals surface area contributed by atoms with Crippen molar-refractivity contribution in [2.24, 2.45) is 0 Å². The summed E-state index contributed by atoms with van der Waals surface area (Å²) in [7, 11) is 0. The molecule has 96 valence electrons. The molecule has 0 radical (unpaired) electrons. The average Bonchev–Trinajstić information content (AvgIpc) is 2.69. The lowest BCUT2D eigenvalue weighted by Gasteiger charge is -2.06. The lowest BCUT2D eigenvalue weighted by atomic mass is 10.4. The highest BCUT2D eigenvalue weighted by Crippen LogP contribution is 1.96. The molecule has 0 saturated heterocycles. The third-order valence-electron chi connectivity index (χ3n) is 2.17. The Balaban J connectivity index is 2.05. The lowest BCUT2D eigenvalue weighted by molar-refractivity contribution is -0.122. The molecule has 0 spiro atoms. The van der Waals surface area contributed by atoms with Crippen molar-refractivity contribution in [3.05, 3.63) is 12.4 Å². The molecule has 6 nitrogen and oxygen atoms in total. The van der Waals surface area contributed by atoms with E-state index >= 15 is 0 Å². The van der Waals surface area contributed by atoms with Crippen molar-refractivity contribution in [3.8, 4) is 0 Å². The minimum absolute atomic E-state index is 0.0906. The molecular weight excluding hydrogens is 220 g/mol. The number of amides is 1. The second-order valence-electron chi connectivity index (χ2n) is 3.79. The van der Waals surface area contributed by atoms with Crippen molar-refractivity contribution >= 4 is 11.6 Å². The van der Waals surface area contributed by atoms with E-state index in [0.717, 1.165) is 19.4 Å². The zero-order valence-corrected chi connectivity index (χ0v) is 10.2. The third kappa shape index (κ3) is 5.91. The molecule has 0 bridgehead atoms. The van der Waals surface area contributed by atoms with Crippen LogP contribution in [0.25, 0.3) is 0 Å². The average molecular weight is 240 g/mol. The summed E-state index contributed by atoms with van der Waals surface area (Å²) in [6, 6.07) is 0. The van der Waals surface area contributed by atoms with E-state index in [-0.39, 0.29) is 12.5 Å². The van der Waals surface area contributed by atoms with Gasteiger partial charge in [0.25, 0.3) is 0 Å². The first-order chi connectivity index (χ1) is 8.22. The van der Waals surface area contributed by atoms with Crippen molar-refractivity contribution < 1.29 is 9.53 Å². The molecule has 1 amide bonds. The number of aromatic nitrogens is 2. The number of ether oxygens (including phenoxy) is 1. The van der Waals surface area contributed by atoms with Crippen LogP contribution in [-0.2, 0) is 16.1 Å². The zero-order valence-electron chi connectivity index (χ0n) is 10.2. The molecule has 0 fully saturated rings. The molecule has 1 rings (SSSR count). The summed E-state index contributed by atoms with van der Waals surface area (Å²) >= 11 is 0. The fraction of sp³-hybridized carbons (Fsp3) is 0.636. The first-order valence-corrected chi connectivity index (χ1v) is 5.84. The van der Waals surface area contributed by atoms with Crippen molar-refractivity contribution in [1.29, 1.82) is 0 Å². The highest BCUT2D eigenvalue weighted by molar-refractivity contribution is 5.75. The van der Waals surface area contributed by atoms with Gasteiger partial charge >= 0.3 is 0 Å². The molecule has 0 atom stereocenters. The number of carbonyl (C=O) groups excluding carboxylic acids is 1. The summed E-state index contributed by atoms with van der Waals surface area (Å²) in [6.45, 7) is 4.13. The molecule has 0 aromatic carbocycles. The van der Waals surface area contributed by atoms with Crippen LogP contribution in [0.4, 0.5) is 5.69 Å². The fourth-order valence-electron chi connectivity index (χ4n) is 1.28. The van der Waals surface area contributed by atoms with Crippen LogP contribution in [-0.4, -0.2) is 35.4 Å². The molecule has 0 aliphatic carbocycles. The minimum atomic E-state index is -0.0906. The van der Waals surface area contributed by atoms with Gasteiger partial charge in [0.2, 0.25) is 5.91 Å². The summed E-state index contributed by atoms with van der Waals surface area (Å²) in [6.07, 6.45) is 5.31. The van der Waals surface area contributed by atoms with Crippen LogP contribution in [0.2, 0.25) is 0 Å². The number of rotatable bonds is 8. The van der Waals surface area contributed by atoms with Gasteiger partial charge in [0, 0.05) is 19.3 Å². The number of anilines is 1. The van der Waals surface area contributed by atoms with Crippen LogP contribution in [0.15, 0.2) is 12.4 Å². The molecule has 3 N–H and O–H groups in total. The number of carbonyl (C=O) groups is 1. The number of nitrogens with zero attached hydrogens (tertiary/aromatic N) is 2. The summed E-state index contributed by atoms with van der Waals surface area (Å²) in [5.41, 5.74) is 6.04. The quantitative estimate of drug-likeness (QED) is 0.644. The number of hydrogen-bond acceptors (Lipinski definition) is 4. The van der Waals surface area contributed by atoms with Gasteiger partial charge in [0.1, 0.15) is 6.54 Å². The summed E-state index contributed by atoms with van der Waals surface area (Å²) in [5.74, 6) is -0.0906. The van der Waals surface area contributed by atoms with E-state index < -0.39 is 0 Å². The van der Waals surface area contributed by atoms with E-state index in [1.54, 1.807) is 6.20 Å². The topological polar surface area (TPSA) is 82.2 Å². The van der Waals surface area contributed by atoms with Crippen molar-refractivity contribution in [3.63, 3.8) is 0 Å². The molecule has 0 aliphatic heterocycles. The Morgan fingerprint density at radius 2 is 2.41 bits per heavy atom. The largest absolute Gasteiger partial charge is 0.396 e. The third-order valence-corrected chi connectivity index (χ3v) is 2.17. The fourth-order valence-corrected chi connectivity index (χ4v) is 1.28. The molecule has 17 heavy (non-hydrogen) atoms. The van der Waals surface area contributed by atoms with Crippen LogP contribution in [0.5, 0.6) is 0 Å². The van der Waals surface area contributed by atoms with Crippen molar-refractivity contribution in [2.45, 2.75) is 26.3 Å². The van der Waals surface area contributed by atoms with Crippen LogP contribution in [0, 0.1) is 0 Å². The second kappa shape index (κ2) is 7.67. The van der Waals surface area contributed by atoms with Crippen molar-refractivity contribution in [2.75, 3.05) is 25.5 Å². The van der Waals surface area contributed by atoms with Crippen molar-refractivity contribution in [1.82, 2.24) is 15.1 Å². The van der Waals surface area contributed by atoms with E-state index in [9.17, 15) is 4.79 Å². The van der Waals surface area contributed by atoms with Gasteiger partial charge in [0.15, 0.2) is 0 Å². The standard InChI is InChI=1S/C11H20N4O2/c1-2-3-5-17-6-4-13-11(16)9-15-8-10(12)7-14-15/h7-8H,2-6,9,12H2,1H3,(H,13,16). The van der Waals surface area contributed by atoms with Crippen LogP contribution < -0.4 is 11.1 Å². The number of nitrogen functional groups attached to an aromatic ring is 1.